The zero-order valence-electron chi connectivity index (χ0n) is 25.4. The van der Waals surface area contributed by atoms with Gasteiger partial charge in [-0.25, -0.2) is 0 Å². The van der Waals surface area contributed by atoms with E-state index in [9.17, 15) is 5.11 Å². The Morgan fingerprint density at radius 2 is 1.70 bits per heavy atom. The quantitative estimate of drug-likeness (QED) is 0.180. The van der Waals surface area contributed by atoms with Crippen molar-refractivity contribution >= 4 is 34.1 Å². The number of hydrogen-bond acceptors (Lipinski definition) is 4. The van der Waals surface area contributed by atoms with E-state index in [0.29, 0.717) is 30.3 Å². The molecule has 4 aliphatic rings. The van der Waals surface area contributed by atoms with E-state index in [1.54, 1.807) is 6.07 Å². The minimum Gasteiger partial charge on any atom is -0.504 e. The SMILES string of the molecule is C=CCN1CC[C@]23c4c5ccc(O)c4O[C@H]2c2c(c4ccccc4n2Cc2ccccc2Cl)C[C@@]3(OCc2ccccc2Cl)[C@@H]1C5. The summed E-state index contributed by atoms with van der Waals surface area (Å²) in [6.07, 6.45) is 3.96. The first-order valence-electron chi connectivity index (χ1n) is 16.0. The van der Waals surface area contributed by atoms with Crippen LogP contribution in [0.2, 0.25) is 10.0 Å². The molecule has 232 valence electrons. The largest absolute Gasteiger partial charge is 0.504 e. The van der Waals surface area contributed by atoms with Crippen molar-refractivity contribution < 1.29 is 14.6 Å². The number of likely N-dealkylation sites (tertiary alicyclic amines) is 1. The van der Waals surface area contributed by atoms with Crippen LogP contribution in [-0.4, -0.2) is 39.3 Å². The normalized spacial score (nSPS) is 25.6. The number of phenols is 1. The fraction of sp³-hybridized carbons (Fsp3) is 0.282. The van der Waals surface area contributed by atoms with Crippen LogP contribution in [0, 0.1) is 0 Å². The van der Waals surface area contributed by atoms with Crippen LogP contribution in [0.1, 0.15) is 46.0 Å². The fourth-order valence-electron chi connectivity index (χ4n) is 9.37. The maximum Gasteiger partial charge on any atom is 0.166 e. The number of halogens is 2. The van der Waals surface area contributed by atoms with E-state index in [1.165, 1.54) is 16.5 Å². The van der Waals surface area contributed by atoms with Gasteiger partial charge < -0.3 is 19.1 Å². The molecule has 0 radical (unpaired) electrons. The highest BCUT2D eigenvalue weighted by molar-refractivity contribution is 6.31. The van der Waals surface area contributed by atoms with E-state index in [-0.39, 0.29) is 17.9 Å². The highest BCUT2D eigenvalue weighted by atomic mass is 35.5. The third-order valence-electron chi connectivity index (χ3n) is 11.2. The van der Waals surface area contributed by atoms with Crippen LogP contribution in [0.15, 0.2) is 97.6 Å². The van der Waals surface area contributed by atoms with Crippen LogP contribution in [0.5, 0.6) is 11.5 Å². The van der Waals surface area contributed by atoms with Gasteiger partial charge in [-0.2, -0.15) is 0 Å². The molecule has 46 heavy (non-hydrogen) atoms. The molecule has 0 saturated carbocycles. The van der Waals surface area contributed by atoms with Gasteiger partial charge in [-0.1, -0.05) is 89.9 Å². The first kappa shape index (κ1) is 28.5. The van der Waals surface area contributed by atoms with Crippen molar-refractivity contribution in [2.75, 3.05) is 13.1 Å². The minimum atomic E-state index is -0.656. The summed E-state index contributed by atoms with van der Waals surface area (Å²) in [6, 6.07) is 28.6. The van der Waals surface area contributed by atoms with E-state index >= 15 is 0 Å². The molecule has 2 aliphatic heterocycles. The highest BCUT2D eigenvalue weighted by Crippen LogP contribution is 2.70. The van der Waals surface area contributed by atoms with Gasteiger partial charge in [-0.3, -0.25) is 4.90 Å². The first-order chi connectivity index (χ1) is 22.5. The summed E-state index contributed by atoms with van der Waals surface area (Å²) in [7, 11) is 0. The molecule has 5 nitrogen and oxygen atoms in total. The van der Waals surface area contributed by atoms with Crippen molar-refractivity contribution in [3.63, 3.8) is 0 Å². The van der Waals surface area contributed by atoms with Crippen LogP contribution in [0.3, 0.4) is 0 Å². The predicted octanol–water partition coefficient (Wildman–Crippen LogP) is 8.40. The molecule has 4 atom stereocenters. The van der Waals surface area contributed by atoms with E-state index < -0.39 is 11.0 Å². The second-order valence-corrected chi connectivity index (χ2v) is 14.0. The summed E-state index contributed by atoms with van der Waals surface area (Å²) in [5.41, 5.74) is 6.71. The van der Waals surface area contributed by atoms with Crippen LogP contribution in [0.25, 0.3) is 10.9 Å². The number of aromatic nitrogens is 1. The molecule has 0 unspecified atom stereocenters. The van der Waals surface area contributed by atoms with E-state index in [0.717, 1.165) is 58.9 Å². The molecule has 1 aromatic heterocycles. The van der Waals surface area contributed by atoms with Gasteiger partial charge in [0.2, 0.25) is 0 Å². The molecular weight excluding hydrogens is 615 g/mol. The number of para-hydroxylation sites is 1. The summed E-state index contributed by atoms with van der Waals surface area (Å²) in [4.78, 5) is 2.55. The molecule has 1 saturated heterocycles. The number of nitrogens with zero attached hydrogens (tertiary/aromatic N) is 2. The molecule has 1 fully saturated rings. The Hall–Kier alpha value is -3.74. The smallest absolute Gasteiger partial charge is 0.166 e. The number of hydrogen-bond donors (Lipinski definition) is 1. The van der Waals surface area contributed by atoms with Gasteiger partial charge in [0.05, 0.1) is 17.7 Å². The van der Waals surface area contributed by atoms with Gasteiger partial charge in [0, 0.05) is 58.6 Å². The van der Waals surface area contributed by atoms with Crippen molar-refractivity contribution in [2.24, 2.45) is 0 Å². The Morgan fingerprint density at radius 3 is 2.48 bits per heavy atom. The van der Waals surface area contributed by atoms with Gasteiger partial charge in [0.25, 0.3) is 0 Å². The van der Waals surface area contributed by atoms with Crippen molar-refractivity contribution in [1.29, 1.82) is 0 Å². The van der Waals surface area contributed by atoms with Gasteiger partial charge in [0.15, 0.2) is 17.6 Å². The average Bonchev–Trinajstić information content (AvgIpc) is 3.57. The summed E-state index contributed by atoms with van der Waals surface area (Å²) in [5, 5.41) is 14.0. The Kier molecular flexibility index (Phi) is 6.43. The average molecular weight is 650 g/mol. The number of rotatable bonds is 7. The number of ether oxygens (including phenoxy) is 2. The Bertz CT molecular complexity index is 2050. The molecule has 1 N–H and O–H groups in total. The highest BCUT2D eigenvalue weighted by Gasteiger charge is 2.74. The number of aromatic hydroxyl groups is 1. The van der Waals surface area contributed by atoms with Gasteiger partial charge in [-0.05, 0) is 59.4 Å². The number of phenolic OH excluding ortho intramolecular Hbond substituents is 1. The molecule has 3 heterocycles. The standard InChI is InChI=1S/C39H34Cl2N2O3/c1-2-18-42-19-17-38-34-24-15-16-32(44)36(34)46-37(38)35-28(21-39(38,33(42)20-24)45-23-26-10-4-7-13-30(26)41)27-11-5-8-14-31(27)43(35)22-25-9-3-6-12-29(25)40/h2-16,33,37,44H,1,17-23H2/t33-,37-,38-,39+/m0/s1. The molecule has 2 bridgehead atoms. The van der Waals surface area contributed by atoms with Crippen molar-refractivity contribution in [1.82, 2.24) is 9.47 Å². The number of fused-ring (bicyclic) bond motifs is 4. The van der Waals surface area contributed by atoms with Crippen LogP contribution in [-0.2, 0) is 36.1 Å². The first-order valence-corrected chi connectivity index (χ1v) is 16.8. The Balaban J connectivity index is 1.33. The van der Waals surface area contributed by atoms with Gasteiger partial charge in [0.1, 0.15) is 5.60 Å². The van der Waals surface area contributed by atoms with Crippen LogP contribution >= 0.6 is 23.2 Å². The molecule has 0 amide bonds. The number of piperidine rings is 1. The second kappa shape index (κ2) is 10.4. The maximum absolute atomic E-state index is 11.4. The summed E-state index contributed by atoms with van der Waals surface area (Å²) in [6.45, 7) is 6.76. The zero-order valence-corrected chi connectivity index (χ0v) is 26.9. The summed E-state index contributed by atoms with van der Waals surface area (Å²) >= 11 is 13.5. The van der Waals surface area contributed by atoms with Gasteiger partial charge in [-0.15, -0.1) is 6.58 Å². The zero-order chi connectivity index (χ0) is 31.2. The lowest BCUT2D eigenvalue weighted by Crippen LogP contribution is -2.75. The fourth-order valence-corrected chi connectivity index (χ4v) is 9.76. The Morgan fingerprint density at radius 1 is 0.957 bits per heavy atom. The second-order valence-electron chi connectivity index (χ2n) is 13.2. The predicted molar refractivity (Wildman–Crippen MR) is 182 cm³/mol. The van der Waals surface area contributed by atoms with E-state index in [4.69, 9.17) is 32.7 Å². The van der Waals surface area contributed by atoms with E-state index in [2.05, 4.69) is 52.4 Å². The maximum atomic E-state index is 11.4. The van der Waals surface area contributed by atoms with Gasteiger partial charge >= 0.3 is 0 Å². The van der Waals surface area contributed by atoms with Crippen molar-refractivity contribution in [3.8, 4) is 11.5 Å². The minimum absolute atomic E-state index is 0.0645. The number of benzene rings is 4. The van der Waals surface area contributed by atoms with E-state index in [1.807, 2.05) is 48.5 Å². The molecule has 1 spiro atoms. The third kappa shape index (κ3) is 3.71. The molecule has 2 aliphatic carbocycles. The van der Waals surface area contributed by atoms with Crippen LogP contribution < -0.4 is 4.74 Å². The van der Waals surface area contributed by atoms with Crippen molar-refractivity contribution in [3.05, 3.63) is 141 Å². The molecular formula is C39H34Cl2N2O3. The lowest BCUT2D eigenvalue weighted by Gasteiger charge is -2.64. The lowest BCUT2D eigenvalue weighted by atomic mass is 9.48. The van der Waals surface area contributed by atoms with Crippen molar-refractivity contribution in [2.45, 2.75) is 55.6 Å². The topological polar surface area (TPSA) is 46.9 Å². The van der Waals surface area contributed by atoms with Crippen LogP contribution in [0.4, 0.5) is 0 Å². The molecule has 4 aromatic carbocycles. The molecule has 7 heteroatoms. The lowest BCUT2D eigenvalue weighted by molar-refractivity contribution is -0.209. The Labute approximate surface area is 278 Å². The summed E-state index contributed by atoms with van der Waals surface area (Å²) < 4.78 is 17.0. The third-order valence-corrected chi connectivity index (χ3v) is 11.9. The molecule has 5 aromatic rings. The monoisotopic (exact) mass is 648 g/mol. The molecule has 9 rings (SSSR count). The summed E-state index contributed by atoms with van der Waals surface area (Å²) in [5.74, 6) is 0.788.